The summed E-state index contributed by atoms with van der Waals surface area (Å²) in [6, 6.07) is 0.300. The summed E-state index contributed by atoms with van der Waals surface area (Å²) in [4.78, 5) is 12.9. The van der Waals surface area contributed by atoms with Gasteiger partial charge in [-0.3, -0.25) is 0 Å². The van der Waals surface area contributed by atoms with E-state index in [1.807, 2.05) is 13.8 Å². The number of hydrogen-bond donors (Lipinski definition) is 3. The predicted molar refractivity (Wildman–Crippen MR) is 81.7 cm³/mol. The highest BCUT2D eigenvalue weighted by Gasteiger charge is 2.37. The van der Waals surface area contributed by atoms with Crippen LogP contribution >= 0.6 is 0 Å². The molecule has 1 saturated carbocycles. The Hall–Kier alpha value is -1.63. The van der Waals surface area contributed by atoms with Crippen LogP contribution < -0.4 is 15.4 Å². The minimum atomic E-state index is -0.293. The second kappa shape index (κ2) is 6.89. The van der Waals surface area contributed by atoms with E-state index in [9.17, 15) is 5.11 Å². The van der Waals surface area contributed by atoms with E-state index in [4.69, 9.17) is 4.74 Å². The van der Waals surface area contributed by atoms with Gasteiger partial charge in [0.05, 0.1) is 18.2 Å². The number of nitrogens with zero attached hydrogens (tertiary/aromatic N) is 3. The zero-order chi connectivity index (χ0) is 15.3. The molecule has 0 aromatic carbocycles. The molecular weight excluding hydrogens is 270 g/mol. The Morgan fingerprint density at radius 3 is 2.48 bits per heavy atom. The Labute approximate surface area is 125 Å². The maximum Gasteiger partial charge on any atom is 0.323 e. The van der Waals surface area contributed by atoms with Crippen LogP contribution in [0.5, 0.6) is 6.01 Å². The number of aromatic nitrogens is 3. The summed E-state index contributed by atoms with van der Waals surface area (Å²) < 4.78 is 5.57. The van der Waals surface area contributed by atoms with Crippen LogP contribution in [0.3, 0.4) is 0 Å². The van der Waals surface area contributed by atoms with Gasteiger partial charge >= 0.3 is 6.01 Å². The van der Waals surface area contributed by atoms with Crippen molar-refractivity contribution in [1.82, 2.24) is 15.0 Å². The normalized spacial score (nSPS) is 16.4. The van der Waals surface area contributed by atoms with Crippen molar-refractivity contribution in [2.45, 2.75) is 58.1 Å². The van der Waals surface area contributed by atoms with Crippen molar-refractivity contribution in [3.8, 4) is 6.01 Å². The van der Waals surface area contributed by atoms with Crippen molar-refractivity contribution in [1.29, 1.82) is 0 Å². The number of hydrogen-bond acceptors (Lipinski definition) is 7. The molecule has 0 aliphatic heterocycles. The van der Waals surface area contributed by atoms with E-state index in [-0.39, 0.29) is 18.2 Å². The molecular formula is C14H25N5O2. The summed E-state index contributed by atoms with van der Waals surface area (Å²) in [5.41, 5.74) is -0.293. The fourth-order valence-electron chi connectivity index (χ4n) is 2.16. The summed E-state index contributed by atoms with van der Waals surface area (Å²) in [7, 11) is 0. The molecule has 7 nitrogen and oxygen atoms in total. The van der Waals surface area contributed by atoms with E-state index in [0.29, 0.717) is 17.9 Å². The van der Waals surface area contributed by atoms with Gasteiger partial charge in [-0.1, -0.05) is 6.92 Å². The molecule has 21 heavy (non-hydrogen) atoms. The van der Waals surface area contributed by atoms with Crippen LogP contribution in [0.15, 0.2) is 0 Å². The molecule has 7 heteroatoms. The number of aliphatic hydroxyl groups is 1. The highest BCUT2D eigenvalue weighted by Crippen LogP contribution is 2.34. The second-order valence-corrected chi connectivity index (χ2v) is 5.78. The number of rotatable bonds is 8. The van der Waals surface area contributed by atoms with Gasteiger partial charge in [-0.15, -0.1) is 0 Å². The first kappa shape index (κ1) is 15.8. The van der Waals surface area contributed by atoms with Crippen LogP contribution in [0.2, 0.25) is 0 Å². The maximum absolute atomic E-state index is 9.54. The Bertz CT molecular complexity index is 457. The smallest absolute Gasteiger partial charge is 0.323 e. The van der Waals surface area contributed by atoms with Gasteiger partial charge in [-0.2, -0.15) is 15.0 Å². The topological polar surface area (TPSA) is 92.2 Å². The third kappa shape index (κ3) is 4.17. The first-order valence-corrected chi connectivity index (χ1v) is 7.62. The van der Waals surface area contributed by atoms with Crippen LogP contribution in [-0.2, 0) is 0 Å². The molecule has 0 spiro atoms. The molecule has 1 fully saturated rings. The molecule has 3 N–H and O–H groups in total. The average Bonchev–Trinajstić information content (AvgIpc) is 2.39. The first-order chi connectivity index (χ1) is 10.1. The zero-order valence-corrected chi connectivity index (χ0v) is 13.0. The quantitative estimate of drug-likeness (QED) is 0.673. The van der Waals surface area contributed by atoms with Gasteiger partial charge in [-0.05, 0) is 39.5 Å². The van der Waals surface area contributed by atoms with Crippen molar-refractivity contribution in [2.75, 3.05) is 23.8 Å². The molecule has 1 aromatic rings. The first-order valence-electron chi connectivity index (χ1n) is 7.62. The lowest BCUT2D eigenvalue weighted by Crippen LogP contribution is -2.48. The molecule has 118 valence electrons. The largest absolute Gasteiger partial charge is 0.461 e. The van der Waals surface area contributed by atoms with Crippen LogP contribution in [0, 0.1) is 0 Å². The van der Waals surface area contributed by atoms with E-state index in [2.05, 4.69) is 32.5 Å². The molecule has 0 radical (unpaired) electrons. The van der Waals surface area contributed by atoms with E-state index in [1.54, 1.807) is 0 Å². The minimum Gasteiger partial charge on any atom is -0.461 e. The van der Waals surface area contributed by atoms with Crippen molar-refractivity contribution in [3.63, 3.8) is 0 Å². The second-order valence-electron chi connectivity index (χ2n) is 5.78. The molecule has 1 heterocycles. The summed E-state index contributed by atoms with van der Waals surface area (Å²) in [6.07, 6.45) is 3.93. The lowest BCUT2D eigenvalue weighted by atomic mass is 9.77. The average molecular weight is 295 g/mol. The molecule has 1 aromatic heterocycles. The molecule has 0 saturated heterocycles. The highest BCUT2D eigenvalue weighted by atomic mass is 16.5. The van der Waals surface area contributed by atoms with Crippen LogP contribution in [0.4, 0.5) is 11.9 Å². The van der Waals surface area contributed by atoms with Crippen molar-refractivity contribution in [2.24, 2.45) is 0 Å². The van der Waals surface area contributed by atoms with Crippen LogP contribution in [0.25, 0.3) is 0 Å². The Balaban J connectivity index is 2.17. The van der Waals surface area contributed by atoms with Crippen LogP contribution in [-0.4, -0.2) is 44.9 Å². The summed E-state index contributed by atoms with van der Waals surface area (Å²) in [5.74, 6) is 0.949. The van der Waals surface area contributed by atoms with Gasteiger partial charge in [0, 0.05) is 6.54 Å². The van der Waals surface area contributed by atoms with Gasteiger partial charge < -0.3 is 20.5 Å². The van der Waals surface area contributed by atoms with Crippen LogP contribution in [0.1, 0.15) is 46.5 Å². The van der Waals surface area contributed by atoms with E-state index in [1.165, 1.54) is 0 Å². The monoisotopic (exact) mass is 295 g/mol. The van der Waals surface area contributed by atoms with Gasteiger partial charge in [0.25, 0.3) is 0 Å². The Kier molecular flexibility index (Phi) is 5.17. The highest BCUT2D eigenvalue weighted by molar-refractivity contribution is 5.39. The lowest BCUT2D eigenvalue weighted by Gasteiger charge is -2.40. The summed E-state index contributed by atoms with van der Waals surface area (Å²) in [6.45, 7) is 6.80. The third-order valence-electron chi connectivity index (χ3n) is 3.48. The van der Waals surface area contributed by atoms with E-state index >= 15 is 0 Å². The molecule has 0 amide bonds. The van der Waals surface area contributed by atoms with E-state index < -0.39 is 0 Å². The predicted octanol–water partition coefficient (Wildman–Crippen LogP) is 1.81. The number of nitrogens with one attached hydrogen (secondary N) is 2. The maximum atomic E-state index is 9.54. The summed E-state index contributed by atoms with van der Waals surface area (Å²) in [5, 5.41) is 15.9. The number of anilines is 2. The standard InChI is InChI=1S/C14H25N5O2/c1-4-8-15-11-16-12(18-13(17-11)21-10(2)3)19-14(9-20)6-5-7-14/h10,20H,4-9H2,1-3H3,(H2,15,16,17,18,19). The van der Waals surface area contributed by atoms with Gasteiger partial charge in [-0.25, -0.2) is 0 Å². The lowest BCUT2D eigenvalue weighted by molar-refractivity contribution is 0.143. The molecule has 0 atom stereocenters. The molecule has 1 aliphatic carbocycles. The van der Waals surface area contributed by atoms with Gasteiger partial charge in [0.2, 0.25) is 11.9 Å². The molecule has 1 aliphatic rings. The summed E-state index contributed by atoms with van der Waals surface area (Å²) >= 11 is 0. The minimum absolute atomic E-state index is 0.00483. The van der Waals surface area contributed by atoms with Crippen molar-refractivity contribution >= 4 is 11.9 Å². The SMILES string of the molecule is CCCNc1nc(NC2(CO)CCC2)nc(OC(C)C)n1. The number of ether oxygens (including phenoxy) is 1. The van der Waals surface area contributed by atoms with Crippen molar-refractivity contribution in [3.05, 3.63) is 0 Å². The molecule has 2 rings (SSSR count). The van der Waals surface area contributed by atoms with Gasteiger partial charge in [0.15, 0.2) is 0 Å². The Morgan fingerprint density at radius 2 is 1.95 bits per heavy atom. The van der Waals surface area contributed by atoms with Gasteiger partial charge in [0.1, 0.15) is 0 Å². The van der Waals surface area contributed by atoms with Crippen molar-refractivity contribution < 1.29 is 9.84 Å². The third-order valence-corrected chi connectivity index (χ3v) is 3.48. The fourth-order valence-corrected chi connectivity index (χ4v) is 2.16. The Morgan fingerprint density at radius 1 is 1.24 bits per heavy atom. The molecule has 0 bridgehead atoms. The van der Waals surface area contributed by atoms with E-state index in [0.717, 1.165) is 32.2 Å². The molecule has 0 unspecified atom stereocenters. The number of aliphatic hydroxyl groups excluding tert-OH is 1. The zero-order valence-electron chi connectivity index (χ0n) is 13.0. The fraction of sp³-hybridized carbons (Fsp3) is 0.786.